The average molecular weight is 674 g/mol. The first-order chi connectivity index (χ1) is 22.7. The van der Waals surface area contributed by atoms with Gasteiger partial charge in [0.05, 0.1) is 17.2 Å². The monoisotopic (exact) mass is 673 g/mol. The van der Waals surface area contributed by atoms with E-state index >= 15 is 0 Å². The van der Waals surface area contributed by atoms with E-state index in [1.165, 1.54) is 17.0 Å². The van der Waals surface area contributed by atoms with Gasteiger partial charge in [-0.25, -0.2) is 8.42 Å². The van der Waals surface area contributed by atoms with E-state index in [4.69, 9.17) is 16.3 Å². The van der Waals surface area contributed by atoms with Gasteiger partial charge in [-0.05, 0) is 79.4 Å². The Balaban J connectivity index is 1.54. The van der Waals surface area contributed by atoms with Gasteiger partial charge in [-0.2, -0.15) is 0 Å². The molecule has 10 heteroatoms. The van der Waals surface area contributed by atoms with Crippen LogP contribution < -0.4 is 14.4 Å². The fraction of sp³-hybridized carbons (Fsp3) is 0.297. The number of rotatable bonds is 14. The van der Waals surface area contributed by atoms with Crippen LogP contribution in [-0.4, -0.2) is 50.4 Å². The van der Waals surface area contributed by atoms with Gasteiger partial charge in [-0.3, -0.25) is 13.9 Å². The molecule has 246 valence electrons. The zero-order valence-corrected chi connectivity index (χ0v) is 28.0. The Morgan fingerprint density at radius 2 is 1.51 bits per heavy atom. The number of hydrogen-bond acceptors (Lipinski definition) is 5. The third kappa shape index (κ3) is 8.93. The third-order valence-electron chi connectivity index (χ3n) is 8.26. The molecule has 0 radical (unpaired) electrons. The predicted molar refractivity (Wildman–Crippen MR) is 185 cm³/mol. The van der Waals surface area contributed by atoms with Gasteiger partial charge in [0.15, 0.2) is 0 Å². The highest BCUT2D eigenvalue weighted by Crippen LogP contribution is 2.27. The van der Waals surface area contributed by atoms with Crippen LogP contribution in [0.15, 0.2) is 114 Å². The largest absolute Gasteiger partial charge is 0.494 e. The van der Waals surface area contributed by atoms with Crippen LogP contribution in [0, 0.1) is 0 Å². The summed E-state index contributed by atoms with van der Waals surface area (Å²) >= 11 is 6.34. The Bertz CT molecular complexity index is 1730. The molecule has 1 aliphatic carbocycles. The molecule has 0 unspecified atom stereocenters. The normalized spacial score (nSPS) is 13.9. The second-order valence-electron chi connectivity index (χ2n) is 11.6. The molecule has 47 heavy (non-hydrogen) atoms. The summed E-state index contributed by atoms with van der Waals surface area (Å²) in [5.74, 6) is -0.249. The number of ether oxygens (including phenoxy) is 1. The first-order valence-corrected chi connectivity index (χ1v) is 17.7. The Morgan fingerprint density at radius 3 is 2.15 bits per heavy atom. The molecular weight excluding hydrogens is 634 g/mol. The molecule has 0 aromatic heterocycles. The lowest BCUT2D eigenvalue weighted by molar-refractivity contribution is -0.140. The van der Waals surface area contributed by atoms with Crippen molar-refractivity contribution in [2.24, 2.45) is 0 Å². The van der Waals surface area contributed by atoms with E-state index in [1.54, 1.807) is 60.7 Å². The van der Waals surface area contributed by atoms with E-state index in [9.17, 15) is 18.0 Å². The molecule has 4 aromatic rings. The van der Waals surface area contributed by atoms with Gasteiger partial charge in [-0.15, -0.1) is 0 Å². The molecule has 1 atom stereocenters. The molecule has 0 aliphatic heterocycles. The minimum absolute atomic E-state index is 0.0128. The minimum Gasteiger partial charge on any atom is -0.494 e. The van der Waals surface area contributed by atoms with E-state index in [0.29, 0.717) is 23.1 Å². The predicted octanol–water partition coefficient (Wildman–Crippen LogP) is 6.63. The molecule has 1 saturated carbocycles. The first kappa shape index (κ1) is 34.0. The van der Waals surface area contributed by atoms with Gasteiger partial charge in [0.1, 0.15) is 18.3 Å². The maximum absolute atomic E-state index is 14.6. The van der Waals surface area contributed by atoms with E-state index < -0.39 is 28.5 Å². The number of nitrogens with zero attached hydrogens (tertiary/aromatic N) is 2. The highest BCUT2D eigenvalue weighted by Gasteiger charge is 2.35. The van der Waals surface area contributed by atoms with Gasteiger partial charge >= 0.3 is 0 Å². The standard InChI is InChI=1S/C37H40ClN3O5S/c1-2-46-33-20-22-34(23-21-33)47(44,45)41(32-18-7-4-8-19-32)27-36(42)40(26-29-14-11-15-30(38)24-29)35(25-28-12-5-3-6-13-28)37(43)39-31-16-9-10-17-31/h3-8,11-15,18-24,31,35H,2,9-10,16-17,25-27H2,1H3,(H,39,43)/t35-/m1/s1. The quantitative estimate of drug-likeness (QED) is 0.162. The molecule has 8 nitrogen and oxygen atoms in total. The summed E-state index contributed by atoms with van der Waals surface area (Å²) in [4.78, 5) is 30.2. The molecule has 1 fully saturated rings. The second kappa shape index (κ2) is 16.0. The molecule has 0 heterocycles. The lowest BCUT2D eigenvalue weighted by Crippen LogP contribution is -2.54. The summed E-state index contributed by atoms with van der Waals surface area (Å²) in [5, 5.41) is 3.68. The van der Waals surface area contributed by atoms with Crippen LogP contribution in [0.3, 0.4) is 0 Å². The van der Waals surface area contributed by atoms with Gasteiger partial charge in [-0.1, -0.05) is 85.1 Å². The molecular formula is C37H40ClN3O5S. The van der Waals surface area contributed by atoms with E-state index in [1.807, 2.05) is 43.3 Å². The van der Waals surface area contributed by atoms with Crippen molar-refractivity contribution in [1.29, 1.82) is 0 Å². The smallest absolute Gasteiger partial charge is 0.264 e. The topological polar surface area (TPSA) is 96.0 Å². The van der Waals surface area contributed by atoms with E-state index in [-0.39, 0.29) is 29.8 Å². The van der Waals surface area contributed by atoms with Gasteiger partial charge in [0, 0.05) is 24.0 Å². The SMILES string of the molecule is CCOc1ccc(S(=O)(=O)N(CC(=O)N(Cc2cccc(Cl)c2)[C@H](Cc2ccccc2)C(=O)NC2CCCC2)c2ccccc2)cc1. The maximum atomic E-state index is 14.6. The highest BCUT2D eigenvalue weighted by molar-refractivity contribution is 7.92. The molecule has 2 amide bonds. The molecule has 1 aliphatic rings. The fourth-order valence-electron chi connectivity index (χ4n) is 5.88. The molecule has 4 aromatic carbocycles. The van der Waals surface area contributed by atoms with Crippen LogP contribution in [0.5, 0.6) is 5.75 Å². The Hall–Kier alpha value is -4.34. The maximum Gasteiger partial charge on any atom is 0.264 e. The van der Waals surface area contributed by atoms with Crippen LogP contribution in [0.25, 0.3) is 0 Å². The Labute approximate surface area is 282 Å². The number of anilines is 1. The van der Waals surface area contributed by atoms with Crippen molar-refractivity contribution in [3.8, 4) is 5.75 Å². The number of hydrogen-bond donors (Lipinski definition) is 1. The van der Waals surface area contributed by atoms with Crippen molar-refractivity contribution in [2.45, 2.75) is 62.6 Å². The van der Waals surface area contributed by atoms with Gasteiger partial charge < -0.3 is 15.0 Å². The third-order valence-corrected chi connectivity index (χ3v) is 10.3. The summed E-state index contributed by atoms with van der Waals surface area (Å²) < 4.78 is 35.0. The number of nitrogens with one attached hydrogen (secondary N) is 1. The summed E-state index contributed by atoms with van der Waals surface area (Å²) in [6.07, 6.45) is 4.09. The molecule has 0 spiro atoms. The van der Waals surface area contributed by atoms with Crippen molar-refractivity contribution in [1.82, 2.24) is 10.2 Å². The Kier molecular flexibility index (Phi) is 11.6. The van der Waals surface area contributed by atoms with Crippen LogP contribution in [-0.2, 0) is 32.6 Å². The van der Waals surface area contributed by atoms with E-state index in [0.717, 1.165) is 41.1 Å². The molecule has 0 bridgehead atoms. The minimum atomic E-state index is -4.21. The number of carbonyl (C=O) groups excluding carboxylic acids is 2. The van der Waals surface area contributed by atoms with Crippen LogP contribution in [0.4, 0.5) is 5.69 Å². The van der Waals surface area contributed by atoms with E-state index in [2.05, 4.69) is 5.32 Å². The molecule has 5 rings (SSSR count). The Morgan fingerprint density at radius 1 is 0.872 bits per heavy atom. The first-order valence-electron chi connectivity index (χ1n) is 15.9. The lowest BCUT2D eigenvalue weighted by atomic mass is 10.0. The lowest BCUT2D eigenvalue weighted by Gasteiger charge is -2.34. The van der Waals surface area contributed by atoms with Crippen molar-refractivity contribution in [3.05, 3.63) is 125 Å². The number of carbonyl (C=O) groups is 2. The summed E-state index contributed by atoms with van der Waals surface area (Å²) in [6.45, 7) is 1.82. The van der Waals surface area contributed by atoms with Crippen LogP contribution in [0.2, 0.25) is 5.02 Å². The molecule has 1 N–H and O–H groups in total. The average Bonchev–Trinajstić information content (AvgIpc) is 3.59. The summed E-state index contributed by atoms with van der Waals surface area (Å²) in [7, 11) is -4.21. The number of benzene rings is 4. The zero-order valence-electron chi connectivity index (χ0n) is 26.4. The summed E-state index contributed by atoms with van der Waals surface area (Å²) in [5.41, 5.74) is 1.93. The number of sulfonamides is 1. The highest BCUT2D eigenvalue weighted by atomic mass is 35.5. The number of halogens is 1. The van der Waals surface area contributed by atoms with Crippen molar-refractivity contribution < 1.29 is 22.7 Å². The number of para-hydroxylation sites is 1. The summed E-state index contributed by atoms with van der Waals surface area (Å²) in [6, 6.07) is 30.4. The zero-order chi connectivity index (χ0) is 33.2. The van der Waals surface area contributed by atoms with Crippen molar-refractivity contribution in [2.75, 3.05) is 17.5 Å². The number of amides is 2. The van der Waals surface area contributed by atoms with Crippen molar-refractivity contribution >= 4 is 39.1 Å². The fourth-order valence-corrected chi connectivity index (χ4v) is 7.51. The second-order valence-corrected chi connectivity index (χ2v) is 13.9. The molecule has 0 saturated heterocycles. The van der Waals surface area contributed by atoms with Gasteiger partial charge in [0.2, 0.25) is 11.8 Å². The van der Waals surface area contributed by atoms with Gasteiger partial charge in [0.25, 0.3) is 10.0 Å². The van der Waals surface area contributed by atoms with Crippen molar-refractivity contribution in [3.63, 3.8) is 0 Å². The van der Waals surface area contributed by atoms with Crippen LogP contribution in [0.1, 0.15) is 43.7 Å². The van der Waals surface area contributed by atoms with Crippen LogP contribution >= 0.6 is 11.6 Å².